The predicted octanol–water partition coefficient (Wildman–Crippen LogP) is 3.02. The molecular weight excluding hydrogens is 170 g/mol. The summed E-state index contributed by atoms with van der Waals surface area (Å²) in [4.78, 5) is 2.24. The van der Waals surface area contributed by atoms with Crippen LogP contribution in [-0.2, 0) is 0 Å². The first-order valence-corrected chi connectivity index (χ1v) is 5.43. The number of unbranched alkanes of at least 4 members (excludes halogenated alkanes) is 1. The van der Waals surface area contributed by atoms with Crippen LogP contribution in [0.4, 0.5) is 0 Å². The van der Waals surface area contributed by atoms with Crippen molar-refractivity contribution in [1.82, 2.24) is 4.90 Å². The molecule has 1 unspecified atom stereocenters. The van der Waals surface area contributed by atoms with Crippen molar-refractivity contribution in [3.8, 4) is 0 Å². The van der Waals surface area contributed by atoms with Crippen LogP contribution in [0.15, 0.2) is 36.0 Å². The van der Waals surface area contributed by atoms with E-state index in [1.807, 2.05) is 0 Å². The summed E-state index contributed by atoms with van der Waals surface area (Å²) in [7, 11) is 4.26. The fourth-order valence-corrected chi connectivity index (χ4v) is 1.69. The van der Waals surface area contributed by atoms with Gasteiger partial charge in [0.1, 0.15) is 0 Å². The Morgan fingerprint density at radius 1 is 1.36 bits per heavy atom. The van der Waals surface area contributed by atoms with E-state index in [1.165, 1.54) is 18.4 Å². The van der Waals surface area contributed by atoms with Gasteiger partial charge >= 0.3 is 0 Å². The van der Waals surface area contributed by atoms with Gasteiger partial charge in [0.15, 0.2) is 0 Å². The third kappa shape index (κ3) is 3.51. The average molecular weight is 191 g/mol. The summed E-state index contributed by atoms with van der Waals surface area (Å²) >= 11 is 0. The van der Waals surface area contributed by atoms with Crippen molar-refractivity contribution in [1.29, 1.82) is 0 Å². The first-order valence-electron chi connectivity index (χ1n) is 5.43. The number of allylic oxidation sites excluding steroid dienone is 4. The topological polar surface area (TPSA) is 3.24 Å². The second-order valence-corrected chi connectivity index (χ2v) is 4.11. The molecule has 1 atom stereocenters. The maximum atomic E-state index is 2.37. The Morgan fingerprint density at radius 3 is 2.79 bits per heavy atom. The average Bonchev–Trinajstić information content (AvgIpc) is 2.16. The summed E-state index contributed by atoms with van der Waals surface area (Å²) in [5, 5.41) is 0. The Labute approximate surface area is 87.8 Å². The SMILES string of the molecule is CCC/C=C1/C=CC=CC1CN(C)C. The molecule has 1 aliphatic rings. The smallest absolute Gasteiger partial charge is 0.0145 e. The van der Waals surface area contributed by atoms with E-state index in [1.54, 1.807) is 0 Å². The van der Waals surface area contributed by atoms with E-state index in [9.17, 15) is 0 Å². The van der Waals surface area contributed by atoms with Gasteiger partial charge in [-0.15, -0.1) is 0 Å². The summed E-state index contributed by atoms with van der Waals surface area (Å²) in [5.74, 6) is 0.585. The molecule has 0 aromatic heterocycles. The lowest BCUT2D eigenvalue weighted by molar-refractivity contribution is 0.380. The second kappa shape index (κ2) is 5.82. The van der Waals surface area contributed by atoms with Crippen molar-refractivity contribution < 1.29 is 0 Å². The fourth-order valence-electron chi connectivity index (χ4n) is 1.69. The van der Waals surface area contributed by atoms with E-state index in [0.717, 1.165) is 6.54 Å². The Morgan fingerprint density at radius 2 is 2.14 bits per heavy atom. The van der Waals surface area contributed by atoms with Crippen molar-refractivity contribution in [2.45, 2.75) is 19.8 Å². The monoisotopic (exact) mass is 191 g/mol. The fraction of sp³-hybridized carbons (Fsp3) is 0.538. The molecule has 0 heterocycles. The van der Waals surface area contributed by atoms with Crippen LogP contribution < -0.4 is 0 Å². The zero-order chi connectivity index (χ0) is 10.4. The molecule has 1 nitrogen and oxygen atoms in total. The first kappa shape index (κ1) is 11.3. The summed E-state index contributed by atoms with van der Waals surface area (Å²) in [6, 6.07) is 0. The van der Waals surface area contributed by atoms with Gasteiger partial charge in [0, 0.05) is 12.5 Å². The molecule has 1 rings (SSSR count). The zero-order valence-electron chi connectivity index (χ0n) is 9.53. The van der Waals surface area contributed by atoms with E-state index >= 15 is 0 Å². The van der Waals surface area contributed by atoms with E-state index in [0.29, 0.717) is 5.92 Å². The lowest BCUT2D eigenvalue weighted by atomic mass is 9.93. The van der Waals surface area contributed by atoms with Crippen molar-refractivity contribution in [3.63, 3.8) is 0 Å². The van der Waals surface area contributed by atoms with Gasteiger partial charge < -0.3 is 4.90 Å². The second-order valence-electron chi connectivity index (χ2n) is 4.11. The Bertz CT molecular complexity index is 246. The number of hydrogen-bond acceptors (Lipinski definition) is 1. The third-order valence-corrected chi connectivity index (χ3v) is 2.40. The van der Waals surface area contributed by atoms with Crippen LogP contribution in [0.25, 0.3) is 0 Å². The quantitative estimate of drug-likeness (QED) is 0.660. The minimum Gasteiger partial charge on any atom is -0.308 e. The van der Waals surface area contributed by atoms with Crippen LogP contribution in [0.5, 0.6) is 0 Å². The van der Waals surface area contributed by atoms with Crippen LogP contribution >= 0.6 is 0 Å². The van der Waals surface area contributed by atoms with Gasteiger partial charge in [0.2, 0.25) is 0 Å². The highest BCUT2D eigenvalue weighted by atomic mass is 15.1. The molecular formula is C13H21N. The summed E-state index contributed by atoms with van der Waals surface area (Å²) in [5.41, 5.74) is 1.48. The van der Waals surface area contributed by atoms with Gasteiger partial charge in [-0.25, -0.2) is 0 Å². The molecule has 78 valence electrons. The van der Waals surface area contributed by atoms with Crippen LogP contribution in [0.3, 0.4) is 0 Å². The minimum absolute atomic E-state index is 0.585. The van der Waals surface area contributed by atoms with Crippen LogP contribution in [0.2, 0.25) is 0 Å². The highest BCUT2D eigenvalue weighted by molar-refractivity contribution is 5.33. The lowest BCUT2D eigenvalue weighted by Gasteiger charge is -2.21. The molecule has 0 amide bonds. The van der Waals surface area contributed by atoms with Gasteiger partial charge in [-0.05, 0) is 26.1 Å². The van der Waals surface area contributed by atoms with Gasteiger partial charge in [-0.1, -0.05) is 43.7 Å². The van der Waals surface area contributed by atoms with Crippen molar-refractivity contribution in [2.24, 2.45) is 5.92 Å². The molecule has 14 heavy (non-hydrogen) atoms. The molecule has 0 aliphatic heterocycles. The van der Waals surface area contributed by atoms with Gasteiger partial charge in [0.25, 0.3) is 0 Å². The number of hydrogen-bond donors (Lipinski definition) is 0. The Hall–Kier alpha value is -0.820. The molecule has 1 heteroatoms. The van der Waals surface area contributed by atoms with Crippen LogP contribution in [0, 0.1) is 5.92 Å². The van der Waals surface area contributed by atoms with E-state index in [-0.39, 0.29) is 0 Å². The summed E-state index contributed by atoms with van der Waals surface area (Å²) < 4.78 is 0. The normalized spacial score (nSPS) is 23.7. The Balaban J connectivity index is 2.61. The highest BCUT2D eigenvalue weighted by Gasteiger charge is 2.11. The molecule has 0 radical (unpaired) electrons. The van der Waals surface area contributed by atoms with Gasteiger partial charge in [0.05, 0.1) is 0 Å². The standard InChI is InChI=1S/C13H21N/c1-4-5-8-12-9-6-7-10-13(12)11-14(2)3/h6-10,13H,4-5,11H2,1-3H3/b12-8-. The van der Waals surface area contributed by atoms with Crippen molar-refractivity contribution >= 4 is 0 Å². The van der Waals surface area contributed by atoms with Crippen molar-refractivity contribution in [2.75, 3.05) is 20.6 Å². The molecule has 0 N–H and O–H groups in total. The predicted molar refractivity (Wildman–Crippen MR) is 63.3 cm³/mol. The molecule has 0 bridgehead atoms. The molecule has 0 aromatic rings. The molecule has 0 fully saturated rings. The van der Waals surface area contributed by atoms with Crippen molar-refractivity contribution in [3.05, 3.63) is 36.0 Å². The molecule has 0 spiro atoms. The first-order chi connectivity index (χ1) is 6.74. The largest absolute Gasteiger partial charge is 0.308 e. The minimum atomic E-state index is 0.585. The maximum Gasteiger partial charge on any atom is 0.0145 e. The van der Waals surface area contributed by atoms with Gasteiger partial charge in [-0.3, -0.25) is 0 Å². The Kier molecular flexibility index (Phi) is 4.68. The molecule has 0 saturated heterocycles. The summed E-state index contributed by atoms with van der Waals surface area (Å²) in [6.45, 7) is 3.33. The number of nitrogens with zero attached hydrogens (tertiary/aromatic N) is 1. The summed E-state index contributed by atoms with van der Waals surface area (Å²) in [6.07, 6.45) is 13.6. The van der Waals surface area contributed by atoms with E-state index < -0.39 is 0 Å². The van der Waals surface area contributed by atoms with E-state index in [2.05, 4.69) is 56.3 Å². The van der Waals surface area contributed by atoms with Crippen LogP contribution in [0.1, 0.15) is 19.8 Å². The van der Waals surface area contributed by atoms with Gasteiger partial charge in [-0.2, -0.15) is 0 Å². The number of rotatable bonds is 4. The lowest BCUT2D eigenvalue weighted by Crippen LogP contribution is -2.22. The molecule has 0 saturated carbocycles. The maximum absolute atomic E-state index is 2.37. The third-order valence-electron chi connectivity index (χ3n) is 2.40. The molecule has 1 aliphatic carbocycles. The molecule has 0 aromatic carbocycles. The highest BCUT2D eigenvalue weighted by Crippen LogP contribution is 2.20. The van der Waals surface area contributed by atoms with Crippen LogP contribution in [-0.4, -0.2) is 25.5 Å². The van der Waals surface area contributed by atoms with E-state index in [4.69, 9.17) is 0 Å². The zero-order valence-corrected chi connectivity index (χ0v) is 9.53.